The van der Waals surface area contributed by atoms with Gasteiger partial charge in [0.15, 0.2) is 0 Å². The van der Waals surface area contributed by atoms with Crippen molar-refractivity contribution >= 4 is 27.5 Å². The van der Waals surface area contributed by atoms with E-state index in [4.69, 9.17) is 21.1 Å². The number of hydrogen-bond acceptors (Lipinski definition) is 7. The van der Waals surface area contributed by atoms with E-state index in [9.17, 15) is 13.2 Å². The van der Waals surface area contributed by atoms with E-state index < -0.39 is 10.0 Å². The van der Waals surface area contributed by atoms with Crippen molar-refractivity contribution < 1.29 is 22.7 Å². The van der Waals surface area contributed by atoms with Gasteiger partial charge in [-0.1, -0.05) is 11.6 Å². The Morgan fingerprint density at radius 1 is 0.941 bits per heavy atom. The highest BCUT2D eigenvalue weighted by molar-refractivity contribution is 7.88. The molecule has 2 saturated heterocycles. The summed E-state index contributed by atoms with van der Waals surface area (Å²) in [6.07, 6.45) is 5.08. The molecular formula is C23H29ClN4O5S. The Balaban J connectivity index is 1.31. The minimum atomic E-state index is -3.18. The summed E-state index contributed by atoms with van der Waals surface area (Å²) in [5.74, 6) is 0.921. The number of ether oxygens (including phenoxy) is 2. The Labute approximate surface area is 205 Å². The van der Waals surface area contributed by atoms with Crippen molar-refractivity contribution in [2.75, 3.05) is 32.4 Å². The van der Waals surface area contributed by atoms with Gasteiger partial charge < -0.3 is 14.4 Å². The number of nitrogens with zero attached hydrogens (tertiary/aromatic N) is 4. The van der Waals surface area contributed by atoms with Crippen LogP contribution in [0.15, 0.2) is 30.6 Å². The van der Waals surface area contributed by atoms with Gasteiger partial charge in [-0.25, -0.2) is 22.7 Å². The number of aromatic nitrogens is 2. The van der Waals surface area contributed by atoms with Gasteiger partial charge in [0.1, 0.15) is 18.5 Å². The SMILES string of the molecule is Cc1c(OC2CCN(C(=O)c3ccc(Cl)cc3)CC2)ncnc1OC1CCN(S(C)(=O)=O)CC1. The number of benzene rings is 1. The Kier molecular flexibility index (Phi) is 7.59. The molecule has 2 aliphatic rings. The van der Waals surface area contributed by atoms with E-state index in [-0.39, 0.29) is 18.1 Å². The highest BCUT2D eigenvalue weighted by Gasteiger charge is 2.28. The Morgan fingerprint density at radius 3 is 1.94 bits per heavy atom. The summed E-state index contributed by atoms with van der Waals surface area (Å²) in [5, 5.41) is 0.603. The number of likely N-dealkylation sites (tertiary alicyclic amines) is 1. The molecule has 2 fully saturated rings. The van der Waals surface area contributed by atoms with Gasteiger partial charge in [0.2, 0.25) is 21.8 Å². The van der Waals surface area contributed by atoms with E-state index in [0.717, 1.165) is 0 Å². The molecule has 11 heteroatoms. The van der Waals surface area contributed by atoms with Crippen molar-refractivity contribution in [3.8, 4) is 11.8 Å². The summed E-state index contributed by atoms with van der Waals surface area (Å²) in [5.41, 5.74) is 1.34. The van der Waals surface area contributed by atoms with Crippen LogP contribution in [0.5, 0.6) is 11.8 Å². The number of carbonyl (C=O) groups excluding carboxylic acids is 1. The Hall–Kier alpha value is -2.43. The molecular weight excluding hydrogens is 480 g/mol. The van der Waals surface area contributed by atoms with E-state index in [1.807, 2.05) is 11.8 Å². The van der Waals surface area contributed by atoms with Crippen molar-refractivity contribution in [1.82, 2.24) is 19.2 Å². The molecule has 2 aromatic rings. The van der Waals surface area contributed by atoms with E-state index in [1.54, 1.807) is 24.3 Å². The van der Waals surface area contributed by atoms with Gasteiger partial charge in [0.05, 0.1) is 11.8 Å². The predicted octanol–water partition coefficient (Wildman–Crippen LogP) is 2.92. The van der Waals surface area contributed by atoms with Gasteiger partial charge in [-0.15, -0.1) is 0 Å². The van der Waals surface area contributed by atoms with Crippen LogP contribution in [0.25, 0.3) is 0 Å². The van der Waals surface area contributed by atoms with Gasteiger partial charge in [-0.05, 0) is 44.0 Å². The zero-order valence-corrected chi connectivity index (χ0v) is 20.9. The molecule has 9 nitrogen and oxygen atoms in total. The first-order chi connectivity index (χ1) is 16.2. The van der Waals surface area contributed by atoms with Crippen LogP contribution in [0.3, 0.4) is 0 Å². The molecule has 0 unspecified atom stereocenters. The highest BCUT2D eigenvalue weighted by atomic mass is 35.5. The molecule has 0 saturated carbocycles. The molecule has 0 radical (unpaired) electrons. The summed E-state index contributed by atoms with van der Waals surface area (Å²) in [6.45, 7) is 3.92. The van der Waals surface area contributed by atoms with Crippen molar-refractivity contribution in [1.29, 1.82) is 0 Å². The first-order valence-corrected chi connectivity index (χ1v) is 13.6. The minimum absolute atomic E-state index is 0.00839. The number of carbonyl (C=O) groups is 1. The summed E-state index contributed by atoms with van der Waals surface area (Å²) < 4.78 is 37.1. The van der Waals surface area contributed by atoms with Gasteiger partial charge in [-0.2, -0.15) is 0 Å². The fourth-order valence-electron chi connectivity index (χ4n) is 4.21. The van der Waals surface area contributed by atoms with Crippen molar-refractivity contribution in [2.45, 2.75) is 44.8 Å². The summed E-state index contributed by atoms with van der Waals surface area (Å²) in [7, 11) is -3.18. The molecule has 1 amide bonds. The normalized spacial score (nSPS) is 18.6. The number of halogens is 1. The third-order valence-electron chi connectivity index (χ3n) is 6.24. The van der Waals surface area contributed by atoms with Crippen LogP contribution in [0.2, 0.25) is 5.02 Å². The molecule has 0 spiro atoms. The lowest BCUT2D eigenvalue weighted by molar-refractivity contribution is 0.0584. The van der Waals surface area contributed by atoms with Crippen LogP contribution in [-0.4, -0.2) is 78.1 Å². The maximum absolute atomic E-state index is 12.7. The number of amides is 1. The smallest absolute Gasteiger partial charge is 0.253 e. The highest BCUT2D eigenvalue weighted by Crippen LogP contribution is 2.28. The lowest BCUT2D eigenvalue weighted by Gasteiger charge is -2.32. The minimum Gasteiger partial charge on any atom is -0.474 e. The van der Waals surface area contributed by atoms with Crippen LogP contribution in [0, 0.1) is 6.92 Å². The van der Waals surface area contributed by atoms with Crippen LogP contribution in [-0.2, 0) is 10.0 Å². The fraction of sp³-hybridized carbons (Fsp3) is 0.522. The van der Waals surface area contributed by atoms with Crippen molar-refractivity contribution in [3.05, 3.63) is 46.7 Å². The molecule has 0 aliphatic carbocycles. The molecule has 2 aliphatic heterocycles. The van der Waals surface area contributed by atoms with Gasteiger partial charge >= 0.3 is 0 Å². The fourth-order valence-corrected chi connectivity index (χ4v) is 5.21. The van der Waals surface area contributed by atoms with Crippen molar-refractivity contribution in [3.63, 3.8) is 0 Å². The second kappa shape index (κ2) is 10.5. The van der Waals surface area contributed by atoms with E-state index in [2.05, 4.69) is 9.97 Å². The molecule has 0 atom stereocenters. The number of hydrogen-bond donors (Lipinski definition) is 0. The second-order valence-electron chi connectivity index (χ2n) is 8.70. The molecule has 1 aromatic carbocycles. The topological polar surface area (TPSA) is 102 Å². The first kappa shape index (κ1) is 24.7. The van der Waals surface area contributed by atoms with Gasteiger partial charge in [0, 0.05) is 49.6 Å². The lowest BCUT2D eigenvalue weighted by Crippen LogP contribution is -2.42. The maximum Gasteiger partial charge on any atom is 0.253 e. The first-order valence-electron chi connectivity index (χ1n) is 11.4. The zero-order chi connectivity index (χ0) is 24.3. The molecule has 0 N–H and O–H groups in total. The molecule has 4 rings (SSSR count). The lowest BCUT2D eigenvalue weighted by atomic mass is 10.1. The number of piperidine rings is 2. The molecule has 184 valence electrons. The van der Waals surface area contributed by atoms with Crippen LogP contribution < -0.4 is 9.47 Å². The van der Waals surface area contributed by atoms with Crippen molar-refractivity contribution in [2.24, 2.45) is 0 Å². The average Bonchev–Trinajstić information content (AvgIpc) is 2.82. The van der Waals surface area contributed by atoms with E-state index in [1.165, 1.54) is 16.9 Å². The van der Waals surface area contributed by atoms with Gasteiger partial charge in [-0.3, -0.25) is 4.79 Å². The average molecular weight is 509 g/mol. The van der Waals surface area contributed by atoms with Gasteiger partial charge in [0.25, 0.3) is 5.91 Å². The predicted molar refractivity (Wildman–Crippen MR) is 128 cm³/mol. The number of sulfonamides is 1. The molecule has 3 heterocycles. The molecule has 1 aromatic heterocycles. The summed E-state index contributed by atoms with van der Waals surface area (Å²) in [4.78, 5) is 23.1. The Bertz CT molecular complexity index is 1110. The second-order valence-corrected chi connectivity index (χ2v) is 11.1. The van der Waals surface area contributed by atoms with Crippen LogP contribution in [0.1, 0.15) is 41.6 Å². The maximum atomic E-state index is 12.7. The standard InChI is InChI=1S/C23H29ClN4O5S/c1-16-21(25-15-26-22(16)33-20-9-13-28(14-10-20)34(2,30)31)32-19-7-11-27(12-8-19)23(29)17-3-5-18(24)6-4-17/h3-6,15,19-20H,7-14H2,1-2H3. The third kappa shape index (κ3) is 5.97. The quantitative estimate of drug-likeness (QED) is 0.591. The number of rotatable bonds is 6. The third-order valence-corrected chi connectivity index (χ3v) is 7.79. The Morgan fingerprint density at radius 2 is 1.44 bits per heavy atom. The largest absolute Gasteiger partial charge is 0.474 e. The van der Waals surface area contributed by atoms with E-state index >= 15 is 0 Å². The van der Waals surface area contributed by atoms with E-state index in [0.29, 0.717) is 79.8 Å². The molecule has 0 bridgehead atoms. The van der Waals surface area contributed by atoms with Crippen LogP contribution >= 0.6 is 11.6 Å². The summed E-state index contributed by atoms with van der Waals surface area (Å²) in [6, 6.07) is 6.92. The molecule has 34 heavy (non-hydrogen) atoms. The zero-order valence-electron chi connectivity index (χ0n) is 19.3. The van der Waals surface area contributed by atoms with Crippen LogP contribution in [0.4, 0.5) is 0 Å². The monoisotopic (exact) mass is 508 g/mol. The summed E-state index contributed by atoms with van der Waals surface area (Å²) >= 11 is 5.91.